The third-order valence-corrected chi connectivity index (χ3v) is 4.49. The molecule has 1 saturated heterocycles. The normalized spacial score (nSPS) is 35.2. The molecule has 0 aromatic rings. The molecule has 1 rings (SSSR count). The number of rotatable bonds is 1. The van der Waals surface area contributed by atoms with Crippen LogP contribution in [0.2, 0.25) is 0 Å². The van der Waals surface area contributed by atoms with Crippen LogP contribution in [0.15, 0.2) is 0 Å². The predicted octanol–water partition coefficient (Wildman–Crippen LogP) is 1.10. The third kappa shape index (κ3) is 1.55. The smallest absolute Gasteiger partial charge is 0.323 e. The largest absolute Gasteiger partial charge is 0.347 e. The molecule has 0 saturated carbocycles. The van der Waals surface area contributed by atoms with Gasteiger partial charge in [-0.1, -0.05) is 0 Å². The van der Waals surface area contributed by atoms with Gasteiger partial charge in [0.1, 0.15) is 5.28 Å². The highest BCUT2D eigenvalue weighted by Gasteiger charge is 2.58. The minimum absolute atomic E-state index is 0.244. The monoisotopic (exact) mass is 208 g/mol. The third-order valence-electron chi connectivity index (χ3n) is 2.83. The van der Waals surface area contributed by atoms with Gasteiger partial charge in [0, 0.05) is 5.54 Å². The zero-order valence-electron chi connectivity index (χ0n) is 8.02. The maximum absolute atomic E-state index is 11.6. The standard InChI is InChI=1S/C7H15NO4P/c1-6(2)4-5-7(3,8(6)9)13(10,11)12/h4-5H2,1-3H3,(H2,10,11,12). The zero-order valence-corrected chi connectivity index (χ0v) is 8.91. The van der Waals surface area contributed by atoms with E-state index in [2.05, 4.69) is 0 Å². The molecule has 77 valence electrons. The van der Waals surface area contributed by atoms with E-state index in [1.807, 2.05) is 0 Å². The molecule has 1 radical (unpaired) electrons. The van der Waals surface area contributed by atoms with Gasteiger partial charge in [0.2, 0.25) is 0 Å². The van der Waals surface area contributed by atoms with Crippen LogP contribution in [0.4, 0.5) is 0 Å². The molecular formula is C7H15NO4P. The molecule has 0 spiro atoms. The second kappa shape index (κ2) is 2.78. The molecule has 0 bridgehead atoms. The van der Waals surface area contributed by atoms with Gasteiger partial charge < -0.3 is 9.79 Å². The van der Waals surface area contributed by atoms with E-state index in [1.165, 1.54) is 6.92 Å². The Labute approximate surface area is 77.5 Å². The summed E-state index contributed by atoms with van der Waals surface area (Å²) in [5.41, 5.74) is -0.671. The van der Waals surface area contributed by atoms with Gasteiger partial charge in [0.15, 0.2) is 0 Å². The molecule has 1 atom stereocenters. The summed E-state index contributed by atoms with van der Waals surface area (Å²) in [5.74, 6) is 0. The van der Waals surface area contributed by atoms with Gasteiger partial charge in [-0.25, -0.2) is 0 Å². The fraction of sp³-hybridized carbons (Fsp3) is 1.00. The quantitative estimate of drug-likeness (QED) is 0.632. The lowest BCUT2D eigenvalue weighted by molar-refractivity contribution is -0.231. The zero-order chi connectivity index (χ0) is 10.5. The molecule has 6 heteroatoms. The number of hydrogen-bond acceptors (Lipinski definition) is 2. The lowest BCUT2D eigenvalue weighted by Crippen LogP contribution is -2.46. The van der Waals surface area contributed by atoms with Gasteiger partial charge in [-0.05, 0) is 33.6 Å². The Hall–Kier alpha value is 0.0700. The van der Waals surface area contributed by atoms with Gasteiger partial charge in [0.05, 0.1) is 0 Å². The molecule has 0 aromatic heterocycles. The number of hydrogen-bond donors (Lipinski definition) is 2. The lowest BCUT2D eigenvalue weighted by Gasteiger charge is -2.34. The maximum atomic E-state index is 11.6. The van der Waals surface area contributed by atoms with E-state index in [4.69, 9.17) is 9.79 Å². The summed E-state index contributed by atoms with van der Waals surface area (Å²) in [4.78, 5) is 18.1. The summed E-state index contributed by atoms with van der Waals surface area (Å²) in [6.07, 6.45) is 0.756. The van der Waals surface area contributed by atoms with Crippen molar-refractivity contribution < 1.29 is 19.6 Å². The van der Waals surface area contributed by atoms with Crippen LogP contribution in [0.1, 0.15) is 33.6 Å². The summed E-state index contributed by atoms with van der Waals surface area (Å²) in [7, 11) is -4.35. The molecule has 2 N–H and O–H groups in total. The van der Waals surface area contributed by atoms with Crippen molar-refractivity contribution in [3.05, 3.63) is 0 Å². The minimum atomic E-state index is -4.35. The summed E-state index contributed by atoms with van der Waals surface area (Å²) < 4.78 is 11.1. The molecule has 0 amide bonds. The van der Waals surface area contributed by atoms with Crippen molar-refractivity contribution in [1.29, 1.82) is 0 Å². The van der Waals surface area contributed by atoms with Crippen LogP contribution in [0.25, 0.3) is 0 Å². The van der Waals surface area contributed by atoms with Gasteiger partial charge in [-0.3, -0.25) is 4.57 Å². The van der Waals surface area contributed by atoms with Crippen molar-refractivity contribution in [3.8, 4) is 0 Å². The van der Waals surface area contributed by atoms with Gasteiger partial charge in [-0.15, -0.1) is 10.3 Å². The average Bonchev–Trinajstić information content (AvgIpc) is 2.14. The van der Waals surface area contributed by atoms with Crippen molar-refractivity contribution in [2.75, 3.05) is 0 Å². The minimum Gasteiger partial charge on any atom is -0.323 e. The summed E-state index contributed by atoms with van der Waals surface area (Å²) in [6, 6.07) is 0. The highest BCUT2D eigenvalue weighted by atomic mass is 31.2. The average molecular weight is 208 g/mol. The van der Waals surface area contributed by atoms with Crippen molar-refractivity contribution in [2.24, 2.45) is 0 Å². The predicted molar refractivity (Wildman–Crippen MR) is 46.3 cm³/mol. The second-order valence-electron chi connectivity index (χ2n) is 4.37. The van der Waals surface area contributed by atoms with Gasteiger partial charge in [0.25, 0.3) is 0 Å². The Morgan fingerprint density at radius 2 is 1.69 bits per heavy atom. The van der Waals surface area contributed by atoms with Crippen LogP contribution in [-0.4, -0.2) is 25.7 Å². The summed E-state index contributed by atoms with van der Waals surface area (Å²) in [6.45, 7) is 4.72. The molecule has 1 aliphatic heterocycles. The van der Waals surface area contributed by atoms with E-state index in [0.29, 0.717) is 11.5 Å². The Bertz CT molecular complexity index is 261. The van der Waals surface area contributed by atoms with E-state index in [1.54, 1.807) is 13.8 Å². The molecule has 0 aliphatic carbocycles. The molecule has 1 aliphatic rings. The topological polar surface area (TPSA) is 80.7 Å². The van der Waals surface area contributed by atoms with E-state index in [9.17, 15) is 9.77 Å². The van der Waals surface area contributed by atoms with E-state index >= 15 is 0 Å². The molecular weight excluding hydrogens is 193 g/mol. The van der Waals surface area contributed by atoms with Crippen LogP contribution in [0.3, 0.4) is 0 Å². The molecule has 1 fully saturated rings. The highest BCUT2D eigenvalue weighted by molar-refractivity contribution is 7.53. The summed E-state index contributed by atoms with van der Waals surface area (Å²) in [5, 5.41) is 10.6. The van der Waals surface area contributed by atoms with Gasteiger partial charge >= 0.3 is 7.60 Å². The van der Waals surface area contributed by atoms with E-state index < -0.39 is 18.4 Å². The van der Waals surface area contributed by atoms with Crippen LogP contribution < -0.4 is 0 Å². The molecule has 1 heterocycles. The number of nitrogens with zero attached hydrogens (tertiary/aromatic N) is 1. The van der Waals surface area contributed by atoms with Crippen LogP contribution >= 0.6 is 7.60 Å². The van der Waals surface area contributed by atoms with E-state index in [-0.39, 0.29) is 6.42 Å². The van der Waals surface area contributed by atoms with E-state index in [0.717, 1.165) is 0 Å². The first-order valence-electron chi connectivity index (χ1n) is 4.14. The van der Waals surface area contributed by atoms with Crippen molar-refractivity contribution in [1.82, 2.24) is 5.06 Å². The fourth-order valence-electron chi connectivity index (χ4n) is 1.66. The van der Waals surface area contributed by atoms with Crippen LogP contribution in [0, 0.1) is 0 Å². The van der Waals surface area contributed by atoms with Crippen molar-refractivity contribution in [2.45, 2.75) is 44.4 Å². The van der Waals surface area contributed by atoms with Crippen LogP contribution in [0.5, 0.6) is 0 Å². The highest BCUT2D eigenvalue weighted by Crippen LogP contribution is 2.60. The van der Waals surface area contributed by atoms with Crippen LogP contribution in [-0.2, 0) is 9.77 Å². The first-order valence-corrected chi connectivity index (χ1v) is 5.76. The maximum Gasteiger partial charge on any atom is 0.347 e. The second-order valence-corrected chi connectivity index (χ2v) is 6.42. The Kier molecular flexibility index (Phi) is 2.38. The van der Waals surface area contributed by atoms with Gasteiger partial charge in [-0.2, -0.15) is 0 Å². The van der Waals surface area contributed by atoms with Crippen molar-refractivity contribution >= 4 is 7.60 Å². The molecule has 1 unspecified atom stereocenters. The molecule has 5 nitrogen and oxygen atoms in total. The first kappa shape index (κ1) is 11.1. The lowest BCUT2D eigenvalue weighted by atomic mass is 10.0. The Morgan fingerprint density at radius 1 is 1.23 bits per heavy atom. The van der Waals surface area contributed by atoms with Crippen molar-refractivity contribution in [3.63, 3.8) is 0 Å². The Balaban J connectivity index is 3.04. The fourth-order valence-corrected chi connectivity index (χ4v) is 2.57. The SMILES string of the molecule is CC1(C)CCC(C)(P(=O)(O)O)N1[O]. The molecule has 13 heavy (non-hydrogen) atoms. The first-order chi connectivity index (χ1) is 5.61. The molecule has 0 aromatic carbocycles. The number of hydroxylamine groups is 2. The summed E-state index contributed by atoms with van der Waals surface area (Å²) >= 11 is 0. The Morgan fingerprint density at radius 3 is 1.85 bits per heavy atom.